The monoisotopic (exact) mass is 303 g/mol. The van der Waals surface area contributed by atoms with E-state index in [2.05, 4.69) is 17.2 Å². The van der Waals surface area contributed by atoms with Crippen LogP contribution < -0.4 is 5.32 Å². The molecular formula is C13H22ClN3OS. The lowest BCUT2D eigenvalue weighted by Crippen LogP contribution is -2.42. The Morgan fingerprint density at radius 2 is 2.37 bits per heavy atom. The Morgan fingerprint density at radius 3 is 2.95 bits per heavy atom. The molecule has 1 aliphatic heterocycles. The van der Waals surface area contributed by atoms with Crippen molar-refractivity contribution in [2.75, 3.05) is 13.6 Å². The van der Waals surface area contributed by atoms with Gasteiger partial charge in [-0.25, -0.2) is 4.98 Å². The number of aryl methyl sites for hydroxylation is 1. The highest BCUT2D eigenvalue weighted by atomic mass is 35.5. The van der Waals surface area contributed by atoms with E-state index in [1.165, 1.54) is 4.88 Å². The molecule has 4 nitrogen and oxygen atoms in total. The van der Waals surface area contributed by atoms with Crippen molar-refractivity contribution in [3.8, 4) is 0 Å². The number of carbonyl (C=O) groups is 1. The van der Waals surface area contributed by atoms with Crippen molar-refractivity contribution in [2.24, 2.45) is 5.92 Å². The molecule has 0 saturated carbocycles. The molecule has 0 spiro atoms. The van der Waals surface area contributed by atoms with Crippen LogP contribution in [0.5, 0.6) is 0 Å². The van der Waals surface area contributed by atoms with Crippen molar-refractivity contribution in [1.82, 2.24) is 15.2 Å². The number of nitrogens with one attached hydrogen (secondary N) is 1. The van der Waals surface area contributed by atoms with Crippen molar-refractivity contribution >= 4 is 29.7 Å². The molecule has 108 valence electrons. The molecule has 0 aliphatic carbocycles. The predicted molar refractivity (Wildman–Crippen MR) is 80.8 cm³/mol. The fourth-order valence-corrected chi connectivity index (χ4v) is 3.27. The van der Waals surface area contributed by atoms with E-state index in [-0.39, 0.29) is 24.2 Å². The number of hydrogen-bond acceptors (Lipinski definition) is 4. The zero-order valence-corrected chi connectivity index (χ0v) is 13.3. The molecule has 1 amide bonds. The van der Waals surface area contributed by atoms with Gasteiger partial charge in [0.1, 0.15) is 0 Å². The molecule has 2 heterocycles. The van der Waals surface area contributed by atoms with Crippen LogP contribution in [0.3, 0.4) is 0 Å². The molecule has 2 atom stereocenters. The minimum atomic E-state index is 0. The molecule has 1 N–H and O–H groups in total. The van der Waals surface area contributed by atoms with Crippen molar-refractivity contribution in [2.45, 2.75) is 39.3 Å². The van der Waals surface area contributed by atoms with Crippen LogP contribution in [-0.4, -0.2) is 35.4 Å². The highest BCUT2D eigenvalue weighted by Gasteiger charge is 2.27. The SMILES string of the molecule is Cc1ncsc1CN(C)C(=O)[C@H]1CCN[C@@H](C)C1.Cl. The number of halogens is 1. The van der Waals surface area contributed by atoms with Gasteiger partial charge in [-0.2, -0.15) is 0 Å². The van der Waals surface area contributed by atoms with E-state index >= 15 is 0 Å². The average Bonchev–Trinajstić information content (AvgIpc) is 2.74. The normalized spacial score (nSPS) is 22.7. The molecule has 19 heavy (non-hydrogen) atoms. The van der Waals surface area contributed by atoms with Gasteiger partial charge >= 0.3 is 0 Å². The smallest absolute Gasteiger partial charge is 0.225 e. The van der Waals surface area contributed by atoms with Gasteiger partial charge in [-0.1, -0.05) is 0 Å². The Kier molecular flexibility index (Phi) is 6.23. The first kappa shape index (κ1) is 16.4. The van der Waals surface area contributed by atoms with Crippen LogP contribution >= 0.6 is 23.7 Å². The fraction of sp³-hybridized carbons (Fsp3) is 0.692. The van der Waals surface area contributed by atoms with Crippen molar-refractivity contribution in [3.63, 3.8) is 0 Å². The third-order valence-electron chi connectivity index (χ3n) is 3.57. The van der Waals surface area contributed by atoms with Gasteiger partial charge in [0.15, 0.2) is 0 Å². The third kappa shape index (κ3) is 4.16. The van der Waals surface area contributed by atoms with E-state index in [1.807, 2.05) is 24.4 Å². The Labute approximate surface area is 125 Å². The van der Waals surface area contributed by atoms with Crippen LogP contribution in [0.4, 0.5) is 0 Å². The Balaban J connectivity index is 0.00000180. The molecule has 1 aromatic heterocycles. The number of rotatable bonds is 3. The minimum Gasteiger partial charge on any atom is -0.340 e. The molecule has 0 bridgehead atoms. The molecular weight excluding hydrogens is 282 g/mol. The average molecular weight is 304 g/mol. The Hall–Kier alpha value is -0.650. The second-order valence-corrected chi connectivity index (χ2v) is 6.07. The van der Waals surface area contributed by atoms with Gasteiger partial charge in [0.25, 0.3) is 0 Å². The highest BCUT2D eigenvalue weighted by Crippen LogP contribution is 2.21. The number of amides is 1. The first-order valence-corrected chi connectivity index (χ1v) is 7.33. The van der Waals surface area contributed by atoms with Gasteiger partial charge in [0, 0.05) is 23.9 Å². The van der Waals surface area contributed by atoms with Gasteiger partial charge in [0.2, 0.25) is 5.91 Å². The van der Waals surface area contributed by atoms with Crippen LogP contribution in [0.25, 0.3) is 0 Å². The maximum atomic E-state index is 12.4. The number of hydrogen-bond donors (Lipinski definition) is 1. The van der Waals surface area contributed by atoms with Gasteiger partial charge in [-0.15, -0.1) is 23.7 Å². The lowest BCUT2D eigenvalue weighted by molar-refractivity contribution is -0.135. The molecule has 1 saturated heterocycles. The van der Waals surface area contributed by atoms with E-state index in [4.69, 9.17) is 0 Å². The van der Waals surface area contributed by atoms with E-state index < -0.39 is 0 Å². The van der Waals surface area contributed by atoms with Crippen molar-refractivity contribution < 1.29 is 4.79 Å². The molecule has 0 unspecified atom stereocenters. The van der Waals surface area contributed by atoms with E-state index in [1.54, 1.807) is 11.3 Å². The van der Waals surface area contributed by atoms with Crippen LogP contribution in [-0.2, 0) is 11.3 Å². The summed E-state index contributed by atoms with van der Waals surface area (Å²) in [6.45, 7) is 5.78. The molecule has 1 aliphatic rings. The number of aromatic nitrogens is 1. The summed E-state index contributed by atoms with van der Waals surface area (Å²) >= 11 is 1.63. The molecule has 0 aromatic carbocycles. The fourth-order valence-electron chi connectivity index (χ4n) is 2.44. The van der Waals surface area contributed by atoms with Crippen molar-refractivity contribution in [3.05, 3.63) is 16.1 Å². The molecule has 1 fully saturated rings. The third-order valence-corrected chi connectivity index (χ3v) is 4.49. The lowest BCUT2D eigenvalue weighted by atomic mass is 9.92. The van der Waals surface area contributed by atoms with E-state index in [9.17, 15) is 4.79 Å². The summed E-state index contributed by atoms with van der Waals surface area (Å²) in [5.41, 5.74) is 2.88. The standard InChI is InChI=1S/C13H21N3OS.ClH/c1-9-6-11(4-5-14-9)13(17)16(3)7-12-10(2)15-8-18-12;/h8-9,11,14H,4-7H2,1-3H3;1H/t9-,11-;/m0./s1. The highest BCUT2D eigenvalue weighted by molar-refractivity contribution is 7.09. The number of carbonyl (C=O) groups excluding carboxylic acids is 1. The lowest BCUT2D eigenvalue weighted by Gasteiger charge is -2.30. The van der Waals surface area contributed by atoms with Crippen LogP contribution in [0.1, 0.15) is 30.3 Å². The summed E-state index contributed by atoms with van der Waals surface area (Å²) in [5, 5.41) is 3.38. The largest absolute Gasteiger partial charge is 0.340 e. The second kappa shape index (κ2) is 7.22. The summed E-state index contributed by atoms with van der Waals surface area (Å²) in [5.74, 6) is 0.454. The summed E-state index contributed by atoms with van der Waals surface area (Å²) in [4.78, 5) is 19.6. The predicted octanol–water partition coefficient (Wildman–Crippen LogP) is 2.22. The number of piperidine rings is 1. The van der Waals surface area contributed by atoms with Gasteiger partial charge < -0.3 is 10.2 Å². The van der Waals surface area contributed by atoms with Gasteiger partial charge in [-0.3, -0.25) is 4.79 Å². The molecule has 2 rings (SSSR count). The number of nitrogens with zero attached hydrogens (tertiary/aromatic N) is 2. The Bertz CT molecular complexity index is 424. The van der Waals surface area contributed by atoms with Crippen molar-refractivity contribution in [1.29, 1.82) is 0 Å². The number of thiazole rings is 1. The van der Waals surface area contributed by atoms with Crippen LogP contribution in [0, 0.1) is 12.8 Å². The maximum Gasteiger partial charge on any atom is 0.225 e. The topological polar surface area (TPSA) is 45.2 Å². The summed E-state index contributed by atoms with van der Waals surface area (Å²) < 4.78 is 0. The zero-order chi connectivity index (χ0) is 13.1. The Morgan fingerprint density at radius 1 is 1.63 bits per heavy atom. The van der Waals surface area contributed by atoms with Crippen LogP contribution in [0.15, 0.2) is 5.51 Å². The van der Waals surface area contributed by atoms with Crippen LogP contribution in [0.2, 0.25) is 0 Å². The molecule has 1 aromatic rings. The second-order valence-electron chi connectivity index (χ2n) is 5.13. The molecule has 6 heteroatoms. The first-order chi connectivity index (χ1) is 8.58. The summed E-state index contributed by atoms with van der Waals surface area (Å²) in [7, 11) is 1.90. The van der Waals surface area contributed by atoms with E-state index in [0.717, 1.165) is 25.1 Å². The van der Waals surface area contributed by atoms with Gasteiger partial charge in [0.05, 0.1) is 17.7 Å². The maximum absolute atomic E-state index is 12.4. The quantitative estimate of drug-likeness (QED) is 0.931. The summed E-state index contributed by atoms with van der Waals surface area (Å²) in [6.07, 6.45) is 1.90. The zero-order valence-electron chi connectivity index (χ0n) is 11.7. The first-order valence-electron chi connectivity index (χ1n) is 6.45. The molecule has 0 radical (unpaired) electrons. The van der Waals surface area contributed by atoms with Gasteiger partial charge in [-0.05, 0) is 33.2 Å². The summed E-state index contributed by atoms with van der Waals surface area (Å²) in [6, 6.07) is 0.450. The van der Waals surface area contributed by atoms with E-state index in [0.29, 0.717) is 12.6 Å². The minimum absolute atomic E-state index is 0.